The highest BCUT2D eigenvalue weighted by atomic mass is 19.1. The molecule has 1 aromatic carbocycles. The van der Waals surface area contributed by atoms with Gasteiger partial charge in [0.25, 0.3) is 0 Å². The van der Waals surface area contributed by atoms with E-state index in [1.54, 1.807) is 0 Å². The number of anilines is 1. The largest absolute Gasteiger partial charge is 0.373 e. The molecule has 5 nitrogen and oxygen atoms in total. The first kappa shape index (κ1) is 19.6. The number of likely N-dealkylation sites (tertiary alicyclic amines) is 2. The van der Waals surface area contributed by atoms with Gasteiger partial charge in [0.05, 0.1) is 24.8 Å². The maximum absolute atomic E-state index is 13.2. The molecule has 3 fully saturated rings. The summed E-state index contributed by atoms with van der Waals surface area (Å²) in [6.45, 7) is 4.97. The summed E-state index contributed by atoms with van der Waals surface area (Å²) >= 11 is 0. The van der Waals surface area contributed by atoms with Crippen LogP contribution < -0.4 is 4.90 Å². The third-order valence-electron chi connectivity index (χ3n) is 6.81. The standard InChI is InChI=1S/C22H32FN3O2/c1-24(19-7-5-18(23)6-8-19)20-15-22(28-17-20)9-13-26(14-10-22)21(27)16-25-11-3-2-4-12-25/h5-8,20H,2-4,9-17H2,1H3/t20-/m1/s1. The first-order valence-electron chi connectivity index (χ1n) is 10.7. The molecule has 3 aliphatic heterocycles. The number of amides is 1. The molecule has 0 aromatic heterocycles. The molecule has 3 heterocycles. The van der Waals surface area contributed by atoms with E-state index in [1.165, 1.54) is 31.4 Å². The van der Waals surface area contributed by atoms with Gasteiger partial charge in [0.1, 0.15) is 5.82 Å². The van der Waals surface area contributed by atoms with Crippen LogP contribution in [0.4, 0.5) is 10.1 Å². The van der Waals surface area contributed by atoms with Crippen molar-refractivity contribution in [2.24, 2.45) is 0 Å². The van der Waals surface area contributed by atoms with Gasteiger partial charge >= 0.3 is 0 Å². The summed E-state index contributed by atoms with van der Waals surface area (Å²) in [5.74, 6) is 0.0626. The minimum atomic E-state index is -0.210. The van der Waals surface area contributed by atoms with Crippen LogP contribution in [0.2, 0.25) is 0 Å². The number of carbonyl (C=O) groups is 1. The van der Waals surface area contributed by atoms with Gasteiger partial charge in [0, 0.05) is 25.8 Å². The van der Waals surface area contributed by atoms with E-state index in [9.17, 15) is 9.18 Å². The number of halogens is 1. The first-order valence-corrected chi connectivity index (χ1v) is 10.7. The molecule has 0 radical (unpaired) electrons. The number of ether oxygens (including phenoxy) is 1. The molecule has 3 aliphatic rings. The van der Waals surface area contributed by atoms with Crippen LogP contribution in [0.15, 0.2) is 24.3 Å². The number of nitrogens with zero attached hydrogens (tertiary/aromatic N) is 3. The predicted molar refractivity (Wildman–Crippen MR) is 108 cm³/mol. The molecule has 1 amide bonds. The van der Waals surface area contributed by atoms with Crippen molar-refractivity contribution < 1.29 is 13.9 Å². The minimum absolute atomic E-state index is 0.110. The van der Waals surface area contributed by atoms with Crippen molar-refractivity contribution in [1.29, 1.82) is 0 Å². The number of piperidine rings is 2. The zero-order valence-electron chi connectivity index (χ0n) is 16.9. The topological polar surface area (TPSA) is 36.0 Å². The lowest BCUT2D eigenvalue weighted by Gasteiger charge is -2.40. The Hall–Kier alpha value is -1.66. The van der Waals surface area contributed by atoms with E-state index < -0.39 is 0 Å². The average Bonchev–Trinajstić information content (AvgIpc) is 3.13. The number of benzene rings is 1. The van der Waals surface area contributed by atoms with Crippen LogP contribution in [-0.4, -0.2) is 73.7 Å². The van der Waals surface area contributed by atoms with Crippen molar-refractivity contribution in [2.75, 3.05) is 51.3 Å². The molecule has 0 aliphatic carbocycles. The second-order valence-corrected chi connectivity index (χ2v) is 8.66. The monoisotopic (exact) mass is 389 g/mol. The summed E-state index contributed by atoms with van der Waals surface area (Å²) in [5.41, 5.74) is 0.905. The molecule has 4 rings (SSSR count). The Morgan fingerprint density at radius 2 is 1.82 bits per heavy atom. The van der Waals surface area contributed by atoms with Crippen molar-refractivity contribution in [3.05, 3.63) is 30.1 Å². The second-order valence-electron chi connectivity index (χ2n) is 8.66. The smallest absolute Gasteiger partial charge is 0.236 e. The molecule has 0 saturated carbocycles. The van der Waals surface area contributed by atoms with E-state index in [0.717, 1.165) is 51.1 Å². The Labute approximate surface area is 167 Å². The molecule has 1 atom stereocenters. The molecule has 0 unspecified atom stereocenters. The van der Waals surface area contributed by atoms with Gasteiger partial charge < -0.3 is 14.5 Å². The number of rotatable bonds is 4. The number of hydrogen-bond acceptors (Lipinski definition) is 4. The van der Waals surface area contributed by atoms with Crippen molar-refractivity contribution in [2.45, 2.75) is 50.2 Å². The molecule has 1 aromatic rings. The normalized spacial score (nSPS) is 25.2. The second kappa shape index (κ2) is 8.37. The summed E-state index contributed by atoms with van der Waals surface area (Å²) in [6, 6.07) is 6.94. The van der Waals surface area contributed by atoms with E-state index in [-0.39, 0.29) is 17.3 Å². The Kier molecular flexibility index (Phi) is 5.88. The summed E-state index contributed by atoms with van der Waals surface area (Å²) in [7, 11) is 2.05. The lowest BCUT2D eigenvalue weighted by molar-refractivity contribution is -0.137. The Morgan fingerprint density at radius 1 is 1.14 bits per heavy atom. The van der Waals surface area contributed by atoms with Crippen LogP contribution in [0.25, 0.3) is 0 Å². The molecular weight excluding hydrogens is 357 g/mol. The summed E-state index contributed by atoms with van der Waals surface area (Å²) in [5, 5.41) is 0. The van der Waals surface area contributed by atoms with Gasteiger partial charge in [-0.1, -0.05) is 6.42 Å². The Bertz CT molecular complexity index is 667. The van der Waals surface area contributed by atoms with Crippen LogP contribution in [0.5, 0.6) is 0 Å². The summed E-state index contributed by atoms with van der Waals surface area (Å²) < 4.78 is 19.5. The summed E-state index contributed by atoms with van der Waals surface area (Å²) in [4.78, 5) is 19.2. The lowest BCUT2D eigenvalue weighted by Crippen LogP contribution is -2.50. The van der Waals surface area contributed by atoms with Gasteiger partial charge in [-0.3, -0.25) is 9.69 Å². The van der Waals surface area contributed by atoms with Crippen molar-refractivity contribution in [1.82, 2.24) is 9.80 Å². The summed E-state index contributed by atoms with van der Waals surface area (Å²) in [6.07, 6.45) is 6.51. The highest BCUT2D eigenvalue weighted by Gasteiger charge is 2.44. The van der Waals surface area contributed by atoms with Gasteiger partial charge in [-0.2, -0.15) is 0 Å². The number of carbonyl (C=O) groups excluding carboxylic acids is 1. The van der Waals surface area contributed by atoms with Gasteiger partial charge in [-0.25, -0.2) is 4.39 Å². The van der Waals surface area contributed by atoms with Crippen LogP contribution in [-0.2, 0) is 9.53 Å². The highest BCUT2D eigenvalue weighted by molar-refractivity contribution is 5.78. The molecular formula is C22H32FN3O2. The zero-order valence-corrected chi connectivity index (χ0v) is 16.9. The fraction of sp³-hybridized carbons (Fsp3) is 0.682. The molecule has 0 bridgehead atoms. The highest BCUT2D eigenvalue weighted by Crippen LogP contribution is 2.38. The first-order chi connectivity index (χ1) is 13.5. The molecule has 28 heavy (non-hydrogen) atoms. The fourth-order valence-corrected chi connectivity index (χ4v) is 4.88. The van der Waals surface area contributed by atoms with Gasteiger partial charge in [0.2, 0.25) is 5.91 Å². The van der Waals surface area contributed by atoms with Gasteiger partial charge in [-0.05, 0) is 69.5 Å². The SMILES string of the molecule is CN(c1ccc(F)cc1)[C@H]1COC2(CCN(C(=O)CN3CCCCC3)CC2)C1. The van der Waals surface area contributed by atoms with Crippen molar-refractivity contribution >= 4 is 11.6 Å². The number of hydrogen-bond donors (Lipinski definition) is 0. The van der Waals surface area contributed by atoms with E-state index in [1.807, 2.05) is 17.0 Å². The Balaban J connectivity index is 1.28. The van der Waals surface area contributed by atoms with Crippen LogP contribution in [0.1, 0.15) is 38.5 Å². The lowest BCUT2D eigenvalue weighted by atomic mass is 9.87. The minimum Gasteiger partial charge on any atom is -0.373 e. The van der Waals surface area contributed by atoms with Crippen molar-refractivity contribution in [3.8, 4) is 0 Å². The van der Waals surface area contributed by atoms with Crippen molar-refractivity contribution in [3.63, 3.8) is 0 Å². The van der Waals surface area contributed by atoms with E-state index >= 15 is 0 Å². The number of likely N-dealkylation sites (N-methyl/N-ethyl adjacent to an activating group) is 1. The zero-order chi connectivity index (χ0) is 19.6. The molecule has 6 heteroatoms. The maximum Gasteiger partial charge on any atom is 0.236 e. The quantitative estimate of drug-likeness (QED) is 0.793. The molecule has 1 spiro atoms. The van der Waals surface area contributed by atoms with Crippen LogP contribution in [0, 0.1) is 5.82 Å². The van der Waals surface area contributed by atoms with Gasteiger partial charge in [-0.15, -0.1) is 0 Å². The van der Waals surface area contributed by atoms with Crippen LogP contribution >= 0.6 is 0 Å². The molecule has 3 saturated heterocycles. The Morgan fingerprint density at radius 3 is 2.50 bits per heavy atom. The third-order valence-corrected chi connectivity index (χ3v) is 6.81. The third kappa shape index (κ3) is 4.33. The molecule has 0 N–H and O–H groups in total. The van der Waals surface area contributed by atoms with E-state index in [0.29, 0.717) is 19.2 Å². The van der Waals surface area contributed by atoms with Crippen LogP contribution in [0.3, 0.4) is 0 Å². The van der Waals surface area contributed by atoms with Gasteiger partial charge in [0.15, 0.2) is 0 Å². The maximum atomic E-state index is 13.2. The average molecular weight is 390 g/mol. The fourth-order valence-electron chi connectivity index (χ4n) is 4.88. The van der Waals surface area contributed by atoms with E-state index in [2.05, 4.69) is 16.8 Å². The predicted octanol–water partition coefficient (Wildman–Crippen LogP) is 2.90. The molecule has 154 valence electrons. The van der Waals surface area contributed by atoms with E-state index in [4.69, 9.17) is 4.74 Å².